The maximum Gasteiger partial charge on any atom is 0.334 e. The first kappa shape index (κ1) is 15.4. The molecule has 0 fully saturated rings. The van der Waals surface area contributed by atoms with Crippen molar-refractivity contribution in [2.45, 2.75) is 33.6 Å². The van der Waals surface area contributed by atoms with Crippen LogP contribution >= 0.6 is 7.60 Å². The fraction of sp³-hybridized carbons (Fsp3) is 0.750. The Morgan fingerprint density at radius 3 is 2.33 bits per heavy atom. The standard InChI is InChI=1S/C12H22NO4P/c1-4-16-18(15,17-5-2)8-10-6-9(3)7-11(14)12(10)13/h9H,4-8,13H2,1-3H3. The van der Waals surface area contributed by atoms with Crippen molar-refractivity contribution in [3.05, 3.63) is 11.3 Å². The van der Waals surface area contributed by atoms with Gasteiger partial charge in [-0.25, -0.2) is 0 Å². The van der Waals surface area contributed by atoms with Crippen LogP contribution in [0.5, 0.6) is 0 Å². The molecule has 2 N–H and O–H groups in total. The summed E-state index contributed by atoms with van der Waals surface area (Å²) in [6.45, 7) is 6.13. The van der Waals surface area contributed by atoms with E-state index in [4.69, 9.17) is 14.8 Å². The molecule has 0 saturated carbocycles. The van der Waals surface area contributed by atoms with Crippen LogP contribution in [-0.2, 0) is 18.4 Å². The van der Waals surface area contributed by atoms with Crippen molar-refractivity contribution in [2.24, 2.45) is 11.7 Å². The van der Waals surface area contributed by atoms with E-state index < -0.39 is 7.60 Å². The van der Waals surface area contributed by atoms with Crippen LogP contribution < -0.4 is 5.73 Å². The molecular weight excluding hydrogens is 253 g/mol. The zero-order chi connectivity index (χ0) is 13.8. The van der Waals surface area contributed by atoms with Gasteiger partial charge in [-0.05, 0) is 31.8 Å². The summed E-state index contributed by atoms with van der Waals surface area (Å²) in [4.78, 5) is 11.7. The highest BCUT2D eigenvalue weighted by molar-refractivity contribution is 7.54. The van der Waals surface area contributed by atoms with Gasteiger partial charge in [0.25, 0.3) is 0 Å². The van der Waals surface area contributed by atoms with E-state index >= 15 is 0 Å². The van der Waals surface area contributed by atoms with Crippen LogP contribution in [0.3, 0.4) is 0 Å². The number of ketones is 1. The van der Waals surface area contributed by atoms with Crippen LogP contribution in [0.2, 0.25) is 0 Å². The topological polar surface area (TPSA) is 78.6 Å². The predicted octanol–water partition coefficient (Wildman–Crippen LogP) is 2.46. The van der Waals surface area contributed by atoms with Crippen molar-refractivity contribution in [1.29, 1.82) is 0 Å². The van der Waals surface area contributed by atoms with Crippen molar-refractivity contribution >= 4 is 13.4 Å². The van der Waals surface area contributed by atoms with Gasteiger partial charge in [-0.3, -0.25) is 9.36 Å². The molecule has 5 nitrogen and oxygen atoms in total. The number of hydrogen-bond donors (Lipinski definition) is 1. The van der Waals surface area contributed by atoms with Crippen LogP contribution in [0.1, 0.15) is 33.6 Å². The second-order valence-corrected chi connectivity index (χ2v) is 6.61. The summed E-state index contributed by atoms with van der Waals surface area (Å²) in [7, 11) is -3.17. The molecule has 0 aromatic carbocycles. The van der Waals surface area contributed by atoms with Crippen molar-refractivity contribution < 1.29 is 18.4 Å². The highest BCUT2D eigenvalue weighted by atomic mass is 31.2. The van der Waals surface area contributed by atoms with E-state index in [1.54, 1.807) is 13.8 Å². The Hall–Kier alpha value is -0.640. The Kier molecular flexibility index (Phi) is 5.57. The summed E-state index contributed by atoms with van der Waals surface area (Å²) in [5.41, 5.74) is 6.74. The van der Waals surface area contributed by atoms with Crippen molar-refractivity contribution in [3.8, 4) is 0 Å². The Bertz CT molecular complexity index is 382. The molecule has 104 valence electrons. The molecule has 0 heterocycles. The summed E-state index contributed by atoms with van der Waals surface area (Å²) in [6.07, 6.45) is 1.27. The molecule has 0 bridgehead atoms. The summed E-state index contributed by atoms with van der Waals surface area (Å²) in [5, 5.41) is 0. The molecule has 0 spiro atoms. The lowest BCUT2D eigenvalue weighted by Crippen LogP contribution is -2.24. The van der Waals surface area contributed by atoms with Gasteiger partial charge in [0.2, 0.25) is 0 Å². The number of Topliss-reactive ketones (excluding diaryl/α,β-unsaturated/α-hetero) is 1. The molecule has 0 aromatic heterocycles. The first-order valence-corrected chi connectivity index (χ1v) is 8.03. The summed E-state index contributed by atoms with van der Waals surface area (Å²) in [6, 6.07) is 0. The largest absolute Gasteiger partial charge is 0.396 e. The molecule has 0 saturated heterocycles. The summed E-state index contributed by atoms with van der Waals surface area (Å²) >= 11 is 0. The average molecular weight is 275 g/mol. The Balaban J connectivity index is 2.89. The first-order chi connectivity index (χ1) is 8.41. The molecule has 1 unspecified atom stereocenters. The van der Waals surface area contributed by atoms with Crippen LogP contribution in [0.4, 0.5) is 0 Å². The van der Waals surface area contributed by atoms with Crippen LogP contribution in [0.15, 0.2) is 11.3 Å². The van der Waals surface area contributed by atoms with Gasteiger partial charge in [-0.15, -0.1) is 0 Å². The van der Waals surface area contributed by atoms with Gasteiger partial charge >= 0.3 is 7.60 Å². The number of rotatable bonds is 6. The van der Waals surface area contributed by atoms with Crippen molar-refractivity contribution in [3.63, 3.8) is 0 Å². The highest BCUT2D eigenvalue weighted by Gasteiger charge is 2.31. The van der Waals surface area contributed by atoms with E-state index in [0.717, 1.165) is 0 Å². The molecule has 0 radical (unpaired) electrons. The van der Waals surface area contributed by atoms with Gasteiger partial charge in [0.05, 0.1) is 25.1 Å². The van der Waals surface area contributed by atoms with Gasteiger partial charge in [-0.2, -0.15) is 0 Å². The minimum atomic E-state index is -3.17. The lowest BCUT2D eigenvalue weighted by atomic mass is 9.88. The molecule has 1 rings (SSSR count). The van der Waals surface area contributed by atoms with Crippen molar-refractivity contribution in [2.75, 3.05) is 19.4 Å². The second-order valence-electron chi connectivity index (χ2n) is 4.56. The second kappa shape index (κ2) is 6.50. The normalized spacial score (nSPS) is 21.5. The summed E-state index contributed by atoms with van der Waals surface area (Å²) < 4.78 is 22.8. The molecular formula is C12H22NO4P. The van der Waals surface area contributed by atoms with Gasteiger partial charge in [0.15, 0.2) is 5.78 Å². The Morgan fingerprint density at radius 2 is 1.83 bits per heavy atom. The minimum Gasteiger partial charge on any atom is -0.396 e. The van der Waals surface area contributed by atoms with E-state index in [1.807, 2.05) is 6.92 Å². The average Bonchev–Trinajstić information content (AvgIpc) is 2.25. The quantitative estimate of drug-likeness (QED) is 0.753. The zero-order valence-electron chi connectivity index (χ0n) is 11.3. The number of carbonyl (C=O) groups excluding carboxylic acids is 1. The predicted molar refractivity (Wildman–Crippen MR) is 70.3 cm³/mol. The number of nitrogens with two attached hydrogens (primary N) is 1. The fourth-order valence-electron chi connectivity index (χ4n) is 2.13. The van der Waals surface area contributed by atoms with E-state index in [9.17, 15) is 9.36 Å². The first-order valence-electron chi connectivity index (χ1n) is 6.30. The van der Waals surface area contributed by atoms with Crippen molar-refractivity contribution in [1.82, 2.24) is 0 Å². The molecule has 0 amide bonds. The molecule has 1 aliphatic carbocycles. The molecule has 18 heavy (non-hydrogen) atoms. The van der Waals surface area contributed by atoms with Gasteiger partial charge in [0.1, 0.15) is 0 Å². The minimum absolute atomic E-state index is 0.0664. The molecule has 1 atom stereocenters. The van der Waals surface area contributed by atoms with E-state index in [2.05, 4.69) is 0 Å². The summed E-state index contributed by atoms with van der Waals surface area (Å²) in [5.74, 6) is 0.166. The molecule has 1 aliphatic rings. The highest BCUT2D eigenvalue weighted by Crippen LogP contribution is 2.51. The number of allylic oxidation sites excluding steroid dienone is 2. The zero-order valence-corrected chi connectivity index (χ0v) is 12.2. The van der Waals surface area contributed by atoms with Gasteiger partial charge in [-0.1, -0.05) is 6.92 Å². The number of carbonyl (C=O) groups is 1. The van der Waals surface area contributed by atoms with Gasteiger partial charge in [0, 0.05) is 6.42 Å². The molecule has 0 aliphatic heterocycles. The fourth-order valence-corrected chi connectivity index (χ4v) is 3.94. The van der Waals surface area contributed by atoms with E-state index in [1.165, 1.54) is 0 Å². The third-order valence-corrected chi connectivity index (χ3v) is 4.92. The third-order valence-electron chi connectivity index (χ3n) is 2.85. The Morgan fingerprint density at radius 1 is 1.28 bits per heavy atom. The lowest BCUT2D eigenvalue weighted by Gasteiger charge is -2.25. The maximum absolute atomic E-state index is 12.4. The van der Waals surface area contributed by atoms with E-state index in [-0.39, 0.29) is 23.6 Å². The third kappa shape index (κ3) is 3.94. The maximum atomic E-state index is 12.4. The SMILES string of the molecule is CCOP(=O)(CC1=C(N)C(=O)CC(C)C1)OCC. The monoisotopic (exact) mass is 275 g/mol. The smallest absolute Gasteiger partial charge is 0.334 e. The van der Waals surface area contributed by atoms with Crippen LogP contribution in [0.25, 0.3) is 0 Å². The van der Waals surface area contributed by atoms with E-state index in [0.29, 0.717) is 31.6 Å². The van der Waals surface area contributed by atoms with Crippen LogP contribution in [-0.4, -0.2) is 25.2 Å². The van der Waals surface area contributed by atoms with Crippen LogP contribution in [0, 0.1) is 5.92 Å². The Labute approximate surface area is 108 Å². The number of hydrogen-bond acceptors (Lipinski definition) is 5. The van der Waals surface area contributed by atoms with Gasteiger partial charge < -0.3 is 14.8 Å². The lowest BCUT2D eigenvalue weighted by molar-refractivity contribution is -0.116. The molecule has 0 aromatic rings. The molecule has 6 heteroatoms.